The summed E-state index contributed by atoms with van der Waals surface area (Å²) < 4.78 is 15.8. The molecule has 0 unspecified atom stereocenters. The van der Waals surface area contributed by atoms with Gasteiger partial charge in [0, 0.05) is 33.2 Å². The number of piperazine rings is 1. The highest BCUT2D eigenvalue weighted by molar-refractivity contribution is 6.33. The second kappa shape index (κ2) is 6.95. The van der Waals surface area contributed by atoms with Crippen molar-refractivity contribution in [1.82, 2.24) is 19.7 Å². The average Bonchev–Trinajstić information content (AvgIpc) is 2.60. The molecular formula is C16H20ClFN6O. The minimum absolute atomic E-state index is 0.00606. The predicted octanol–water partition coefficient (Wildman–Crippen LogP) is 1.81. The maximum Gasteiger partial charge on any atom is 0.287 e. The van der Waals surface area contributed by atoms with Crippen molar-refractivity contribution in [1.29, 1.82) is 0 Å². The number of anilines is 2. The van der Waals surface area contributed by atoms with Crippen LogP contribution in [0, 0.1) is 5.82 Å². The lowest BCUT2D eigenvalue weighted by Gasteiger charge is -2.36. The van der Waals surface area contributed by atoms with Crippen LogP contribution in [0.15, 0.2) is 17.3 Å². The Balaban J connectivity index is 1.78. The molecule has 7 nitrogen and oxygen atoms in total. The van der Waals surface area contributed by atoms with Gasteiger partial charge in [-0.1, -0.05) is 25.4 Å². The topological polar surface area (TPSA) is 67.2 Å². The summed E-state index contributed by atoms with van der Waals surface area (Å²) in [5.41, 5.74) is 0.701. The Morgan fingerprint density at radius 1 is 1.16 bits per heavy atom. The van der Waals surface area contributed by atoms with Crippen molar-refractivity contribution < 1.29 is 4.39 Å². The molecule has 0 saturated carbocycles. The summed E-state index contributed by atoms with van der Waals surface area (Å²) in [5, 5.41) is 4.17. The first kappa shape index (κ1) is 17.6. The zero-order valence-corrected chi connectivity index (χ0v) is 15.2. The second-order valence-electron chi connectivity index (χ2n) is 6.30. The molecule has 0 amide bonds. The van der Waals surface area contributed by atoms with Gasteiger partial charge in [-0.3, -0.25) is 4.79 Å². The summed E-state index contributed by atoms with van der Waals surface area (Å²) in [4.78, 5) is 24.0. The zero-order chi connectivity index (χ0) is 18.1. The molecule has 9 heteroatoms. The van der Waals surface area contributed by atoms with Crippen LogP contribution in [0.5, 0.6) is 0 Å². The van der Waals surface area contributed by atoms with Crippen molar-refractivity contribution in [3.63, 3.8) is 0 Å². The van der Waals surface area contributed by atoms with Gasteiger partial charge < -0.3 is 9.80 Å². The van der Waals surface area contributed by atoms with Crippen LogP contribution < -0.4 is 15.4 Å². The standard InChI is InChI=1S/C16H20ClFN6O/c1-10(2)14-13(18)15(20-9-19-14)24-6-4-23(5-7-24)11-8-21-22(3)16(25)12(11)17/h8-10H,4-7H2,1-3H3. The van der Waals surface area contributed by atoms with Crippen molar-refractivity contribution in [3.8, 4) is 0 Å². The third-order valence-electron chi connectivity index (χ3n) is 4.32. The Kier molecular flexibility index (Phi) is 4.89. The molecule has 0 radical (unpaired) electrons. The number of hydrogen-bond acceptors (Lipinski definition) is 6. The zero-order valence-electron chi connectivity index (χ0n) is 14.4. The largest absolute Gasteiger partial charge is 0.365 e. The van der Waals surface area contributed by atoms with E-state index < -0.39 is 0 Å². The fourth-order valence-corrected chi connectivity index (χ4v) is 3.17. The Morgan fingerprint density at radius 2 is 1.80 bits per heavy atom. The van der Waals surface area contributed by atoms with Gasteiger partial charge >= 0.3 is 0 Å². The highest BCUT2D eigenvalue weighted by atomic mass is 35.5. The number of nitrogens with zero attached hydrogens (tertiary/aromatic N) is 6. The van der Waals surface area contributed by atoms with E-state index in [0.717, 1.165) is 0 Å². The van der Waals surface area contributed by atoms with Gasteiger partial charge in [0.1, 0.15) is 11.3 Å². The van der Waals surface area contributed by atoms with Gasteiger partial charge in [0.2, 0.25) is 0 Å². The average molecular weight is 367 g/mol. The molecule has 134 valence electrons. The molecule has 2 aromatic rings. The molecule has 0 spiro atoms. The normalized spacial score (nSPS) is 15.1. The van der Waals surface area contributed by atoms with E-state index in [1.165, 1.54) is 11.0 Å². The molecule has 1 aliphatic heterocycles. The molecule has 0 aliphatic carbocycles. The molecule has 0 aromatic carbocycles. The van der Waals surface area contributed by atoms with Crippen LogP contribution in [0.25, 0.3) is 0 Å². The Bertz CT molecular complexity index is 832. The second-order valence-corrected chi connectivity index (χ2v) is 6.68. The van der Waals surface area contributed by atoms with Crippen molar-refractivity contribution in [2.75, 3.05) is 36.0 Å². The van der Waals surface area contributed by atoms with Crippen molar-refractivity contribution in [2.24, 2.45) is 7.05 Å². The third kappa shape index (κ3) is 3.30. The Hall–Kier alpha value is -2.22. The quantitative estimate of drug-likeness (QED) is 0.825. The van der Waals surface area contributed by atoms with Gasteiger partial charge in [-0.15, -0.1) is 0 Å². The molecule has 0 N–H and O–H groups in total. The lowest BCUT2D eigenvalue weighted by atomic mass is 10.1. The molecule has 25 heavy (non-hydrogen) atoms. The van der Waals surface area contributed by atoms with Crippen molar-refractivity contribution >= 4 is 23.1 Å². The van der Waals surface area contributed by atoms with Gasteiger partial charge in [0.15, 0.2) is 11.6 Å². The van der Waals surface area contributed by atoms with Crippen LogP contribution >= 0.6 is 11.6 Å². The van der Waals surface area contributed by atoms with E-state index in [1.807, 2.05) is 23.6 Å². The summed E-state index contributed by atoms with van der Waals surface area (Å²) in [7, 11) is 1.56. The minimum atomic E-state index is -0.362. The van der Waals surface area contributed by atoms with E-state index in [0.29, 0.717) is 43.4 Å². The molecule has 0 bridgehead atoms. The van der Waals surface area contributed by atoms with E-state index >= 15 is 0 Å². The van der Waals surface area contributed by atoms with Crippen LogP contribution in [-0.4, -0.2) is 45.9 Å². The summed E-state index contributed by atoms with van der Waals surface area (Å²) in [6.45, 7) is 6.12. The van der Waals surface area contributed by atoms with Crippen LogP contribution in [0.4, 0.5) is 15.9 Å². The molecule has 3 rings (SSSR count). The van der Waals surface area contributed by atoms with Crippen LogP contribution in [0.1, 0.15) is 25.5 Å². The first-order chi connectivity index (χ1) is 11.9. The van der Waals surface area contributed by atoms with Crippen LogP contribution in [0.3, 0.4) is 0 Å². The van der Waals surface area contributed by atoms with Gasteiger partial charge in [-0.05, 0) is 5.92 Å². The first-order valence-corrected chi connectivity index (χ1v) is 8.50. The number of aryl methyl sites for hydroxylation is 1. The SMILES string of the molecule is CC(C)c1ncnc(N2CCN(c3cnn(C)c(=O)c3Cl)CC2)c1F. The molecule has 1 saturated heterocycles. The first-order valence-electron chi connectivity index (χ1n) is 8.12. The Morgan fingerprint density at radius 3 is 2.44 bits per heavy atom. The molecule has 0 atom stereocenters. The summed E-state index contributed by atoms with van der Waals surface area (Å²) in [5.74, 6) is -0.0424. The van der Waals surface area contributed by atoms with Crippen LogP contribution in [0.2, 0.25) is 5.02 Å². The van der Waals surface area contributed by atoms with Gasteiger partial charge in [-0.25, -0.2) is 19.0 Å². The lowest BCUT2D eigenvalue weighted by Crippen LogP contribution is -2.47. The molecule has 1 fully saturated rings. The maximum absolute atomic E-state index is 14.6. The predicted molar refractivity (Wildman–Crippen MR) is 95.0 cm³/mol. The van der Waals surface area contributed by atoms with E-state index in [-0.39, 0.29) is 22.3 Å². The van der Waals surface area contributed by atoms with E-state index in [4.69, 9.17) is 11.6 Å². The summed E-state index contributed by atoms with van der Waals surface area (Å²) in [6.07, 6.45) is 2.99. The fourth-order valence-electron chi connectivity index (χ4n) is 2.88. The highest BCUT2D eigenvalue weighted by Crippen LogP contribution is 2.26. The monoisotopic (exact) mass is 366 g/mol. The van der Waals surface area contributed by atoms with Crippen molar-refractivity contribution in [2.45, 2.75) is 19.8 Å². The smallest absolute Gasteiger partial charge is 0.287 e. The van der Waals surface area contributed by atoms with E-state index in [2.05, 4.69) is 15.1 Å². The van der Waals surface area contributed by atoms with Gasteiger partial charge in [0.25, 0.3) is 5.56 Å². The molecule has 3 heterocycles. The number of halogens is 2. The highest BCUT2D eigenvalue weighted by Gasteiger charge is 2.25. The van der Waals surface area contributed by atoms with Crippen LogP contribution in [-0.2, 0) is 7.05 Å². The molecular weight excluding hydrogens is 347 g/mol. The minimum Gasteiger partial charge on any atom is -0.365 e. The third-order valence-corrected chi connectivity index (χ3v) is 4.68. The van der Waals surface area contributed by atoms with Crippen molar-refractivity contribution in [3.05, 3.63) is 39.4 Å². The number of hydrogen-bond donors (Lipinski definition) is 0. The van der Waals surface area contributed by atoms with E-state index in [9.17, 15) is 9.18 Å². The van der Waals surface area contributed by atoms with Gasteiger partial charge in [-0.2, -0.15) is 5.10 Å². The Labute approximate surface area is 150 Å². The molecule has 1 aliphatic rings. The molecule has 2 aromatic heterocycles. The number of rotatable bonds is 3. The fraction of sp³-hybridized carbons (Fsp3) is 0.500. The lowest BCUT2D eigenvalue weighted by molar-refractivity contribution is 0.556. The maximum atomic E-state index is 14.6. The van der Waals surface area contributed by atoms with E-state index in [1.54, 1.807) is 13.2 Å². The van der Waals surface area contributed by atoms with Gasteiger partial charge in [0.05, 0.1) is 17.6 Å². The summed E-state index contributed by atoms with van der Waals surface area (Å²) in [6, 6.07) is 0. The summed E-state index contributed by atoms with van der Waals surface area (Å²) >= 11 is 6.16. The number of aromatic nitrogens is 4.